The minimum atomic E-state index is 0.154. The lowest BCUT2D eigenvalue weighted by molar-refractivity contribution is 0.877. The minimum Gasteiger partial charge on any atom is -0.399 e. The van der Waals surface area contributed by atoms with Gasteiger partial charge in [0.1, 0.15) is 5.82 Å². The molecule has 0 aliphatic carbocycles. The van der Waals surface area contributed by atoms with Gasteiger partial charge in [-0.2, -0.15) is 0 Å². The second kappa shape index (κ2) is 5.62. The summed E-state index contributed by atoms with van der Waals surface area (Å²) in [7, 11) is 0. The molecule has 0 aliphatic heterocycles. The first-order valence-electron chi connectivity index (χ1n) is 6.80. The molecule has 3 aromatic rings. The molecule has 0 amide bonds. The molecule has 0 bridgehead atoms. The van der Waals surface area contributed by atoms with E-state index in [0.29, 0.717) is 0 Å². The highest BCUT2D eigenvalue weighted by Gasteiger charge is 2.06. The molecule has 1 heterocycles. The third-order valence-electron chi connectivity index (χ3n) is 3.45. The van der Waals surface area contributed by atoms with Crippen LogP contribution < -0.4 is 11.1 Å². The summed E-state index contributed by atoms with van der Waals surface area (Å²) in [6.45, 7) is 2.10. The number of anilines is 2. The Labute approximate surface area is 128 Å². The van der Waals surface area contributed by atoms with Gasteiger partial charge in [0.15, 0.2) is 0 Å². The van der Waals surface area contributed by atoms with E-state index in [1.165, 1.54) is 5.56 Å². The van der Waals surface area contributed by atoms with Crippen LogP contribution in [0.15, 0.2) is 54.6 Å². The Balaban J connectivity index is 1.84. The quantitative estimate of drug-likeness (QED) is 0.692. The van der Waals surface area contributed by atoms with Gasteiger partial charge in [0, 0.05) is 22.1 Å². The maximum atomic E-state index is 5.91. The topological polar surface area (TPSA) is 50.9 Å². The van der Waals surface area contributed by atoms with E-state index in [9.17, 15) is 0 Å². The van der Waals surface area contributed by atoms with Gasteiger partial charge in [-0.3, -0.25) is 0 Å². The molecule has 106 valence electrons. The van der Waals surface area contributed by atoms with Crippen molar-refractivity contribution in [1.29, 1.82) is 0 Å². The van der Waals surface area contributed by atoms with Crippen LogP contribution in [0.1, 0.15) is 18.5 Å². The summed E-state index contributed by atoms with van der Waals surface area (Å²) >= 11 is 5.91. The maximum Gasteiger partial charge on any atom is 0.127 e. The van der Waals surface area contributed by atoms with Gasteiger partial charge < -0.3 is 11.1 Å². The number of nitrogen functional groups attached to an aromatic ring is 1. The van der Waals surface area contributed by atoms with Crippen molar-refractivity contribution in [2.75, 3.05) is 11.1 Å². The van der Waals surface area contributed by atoms with Gasteiger partial charge in [-0.1, -0.05) is 23.7 Å². The van der Waals surface area contributed by atoms with Crippen LogP contribution in [-0.2, 0) is 0 Å². The van der Waals surface area contributed by atoms with Crippen molar-refractivity contribution < 1.29 is 0 Å². The number of benzene rings is 2. The fourth-order valence-corrected chi connectivity index (χ4v) is 2.41. The van der Waals surface area contributed by atoms with Crippen LogP contribution in [0.5, 0.6) is 0 Å². The number of nitrogens with one attached hydrogen (secondary N) is 1. The van der Waals surface area contributed by atoms with Crippen molar-refractivity contribution in [2.45, 2.75) is 13.0 Å². The van der Waals surface area contributed by atoms with Crippen LogP contribution >= 0.6 is 11.6 Å². The van der Waals surface area contributed by atoms with Gasteiger partial charge in [0.2, 0.25) is 0 Å². The molecule has 3 rings (SSSR count). The van der Waals surface area contributed by atoms with E-state index in [1.807, 2.05) is 54.6 Å². The van der Waals surface area contributed by atoms with Gasteiger partial charge >= 0.3 is 0 Å². The van der Waals surface area contributed by atoms with Crippen molar-refractivity contribution >= 4 is 34.0 Å². The number of nitrogens with two attached hydrogens (primary N) is 1. The molecule has 0 aliphatic rings. The zero-order valence-electron chi connectivity index (χ0n) is 11.7. The fourth-order valence-electron chi connectivity index (χ4n) is 2.28. The molecule has 1 unspecified atom stereocenters. The smallest absolute Gasteiger partial charge is 0.127 e. The Morgan fingerprint density at radius 3 is 2.57 bits per heavy atom. The second-order valence-corrected chi connectivity index (χ2v) is 5.50. The molecule has 1 atom stereocenters. The van der Waals surface area contributed by atoms with E-state index in [-0.39, 0.29) is 6.04 Å². The molecule has 21 heavy (non-hydrogen) atoms. The number of aromatic nitrogens is 1. The Morgan fingerprint density at radius 1 is 1.05 bits per heavy atom. The lowest BCUT2D eigenvalue weighted by Crippen LogP contribution is -2.07. The summed E-state index contributed by atoms with van der Waals surface area (Å²) in [6, 6.07) is 17.7. The summed E-state index contributed by atoms with van der Waals surface area (Å²) in [5.41, 5.74) is 8.62. The third-order valence-corrected chi connectivity index (χ3v) is 3.70. The highest BCUT2D eigenvalue weighted by Crippen LogP contribution is 2.22. The average molecular weight is 298 g/mol. The first-order chi connectivity index (χ1) is 10.1. The minimum absolute atomic E-state index is 0.154. The highest BCUT2D eigenvalue weighted by atomic mass is 35.5. The predicted octanol–water partition coefficient (Wildman–Crippen LogP) is 4.64. The molecular weight excluding hydrogens is 282 g/mol. The van der Waals surface area contributed by atoms with Gasteiger partial charge in [-0.25, -0.2) is 4.98 Å². The maximum absolute atomic E-state index is 5.91. The molecule has 0 saturated heterocycles. The lowest BCUT2D eigenvalue weighted by atomic mass is 10.1. The third kappa shape index (κ3) is 3.09. The monoisotopic (exact) mass is 297 g/mol. The van der Waals surface area contributed by atoms with Gasteiger partial charge in [-0.15, -0.1) is 0 Å². The van der Waals surface area contributed by atoms with Crippen molar-refractivity contribution in [1.82, 2.24) is 4.98 Å². The average Bonchev–Trinajstić information content (AvgIpc) is 2.48. The molecule has 0 saturated carbocycles. The highest BCUT2D eigenvalue weighted by molar-refractivity contribution is 6.30. The molecule has 4 heteroatoms. The van der Waals surface area contributed by atoms with E-state index in [0.717, 1.165) is 27.4 Å². The molecule has 3 nitrogen and oxygen atoms in total. The number of rotatable bonds is 3. The molecule has 2 aromatic carbocycles. The van der Waals surface area contributed by atoms with Gasteiger partial charge in [-0.05, 0) is 55.0 Å². The Morgan fingerprint density at radius 2 is 1.81 bits per heavy atom. The number of nitrogens with zero attached hydrogens (tertiary/aromatic N) is 1. The summed E-state index contributed by atoms with van der Waals surface area (Å²) in [5, 5.41) is 5.18. The fraction of sp³-hybridized carbons (Fsp3) is 0.118. The van der Waals surface area contributed by atoms with Crippen molar-refractivity contribution in [3.05, 3.63) is 65.2 Å². The largest absolute Gasteiger partial charge is 0.399 e. The van der Waals surface area contributed by atoms with Gasteiger partial charge in [0.25, 0.3) is 0 Å². The summed E-state index contributed by atoms with van der Waals surface area (Å²) in [5.74, 6) is 0.842. The summed E-state index contributed by atoms with van der Waals surface area (Å²) < 4.78 is 0. The van der Waals surface area contributed by atoms with Crippen LogP contribution in [0.4, 0.5) is 11.5 Å². The number of hydrogen-bond acceptors (Lipinski definition) is 3. The molecule has 0 spiro atoms. The first-order valence-corrected chi connectivity index (χ1v) is 7.18. The normalized spacial score (nSPS) is 12.3. The van der Waals surface area contributed by atoms with E-state index < -0.39 is 0 Å². The number of halogens is 1. The van der Waals surface area contributed by atoms with E-state index >= 15 is 0 Å². The Bertz CT molecular complexity index is 769. The molecule has 0 radical (unpaired) electrons. The van der Waals surface area contributed by atoms with Crippen LogP contribution in [0.3, 0.4) is 0 Å². The summed E-state index contributed by atoms with van der Waals surface area (Å²) in [4.78, 5) is 4.61. The number of fused-ring (bicyclic) bond motifs is 1. The van der Waals surface area contributed by atoms with Crippen molar-refractivity contribution in [3.8, 4) is 0 Å². The van der Waals surface area contributed by atoms with Crippen LogP contribution in [0.25, 0.3) is 10.9 Å². The lowest BCUT2D eigenvalue weighted by Gasteiger charge is -2.15. The van der Waals surface area contributed by atoms with Crippen LogP contribution in [0.2, 0.25) is 5.02 Å². The van der Waals surface area contributed by atoms with E-state index in [1.54, 1.807) is 0 Å². The van der Waals surface area contributed by atoms with Crippen LogP contribution in [0, 0.1) is 0 Å². The number of pyridine rings is 1. The molecule has 3 N–H and O–H groups in total. The zero-order valence-corrected chi connectivity index (χ0v) is 12.4. The standard InChI is InChI=1S/C17H16ClN3/c1-11(12-2-5-14(18)6-3-12)20-17-9-4-13-10-15(19)7-8-16(13)21-17/h2-11H,19H2,1H3,(H,20,21). The SMILES string of the molecule is CC(Nc1ccc2cc(N)ccc2n1)c1ccc(Cl)cc1. The van der Waals surface area contributed by atoms with Crippen molar-refractivity contribution in [3.63, 3.8) is 0 Å². The Kier molecular flexibility index (Phi) is 3.67. The number of hydrogen-bond donors (Lipinski definition) is 2. The van der Waals surface area contributed by atoms with Crippen molar-refractivity contribution in [2.24, 2.45) is 0 Å². The molecular formula is C17H16ClN3. The molecule has 1 aromatic heterocycles. The van der Waals surface area contributed by atoms with Crippen LogP contribution in [-0.4, -0.2) is 4.98 Å². The first kappa shape index (κ1) is 13.7. The predicted molar refractivity (Wildman–Crippen MR) is 89.6 cm³/mol. The van der Waals surface area contributed by atoms with E-state index in [4.69, 9.17) is 17.3 Å². The van der Waals surface area contributed by atoms with E-state index in [2.05, 4.69) is 17.2 Å². The summed E-state index contributed by atoms with van der Waals surface area (Å²) in [6.07, 6.45) is 0. The zero-order chi connectivity index (χ0) is 14.8. The Hall–Kier alpha value is -2.26. The molecule has 0 fully saturated rings. The van der Waals surface area contributed by atoms with Gasteiger partial charge in [0.05, 0.1) is 5.52 Å². The second-order valence-electron chi connectivity index (χ2n) is 5.07.